The highest BCUT2D eigenvalue weighted by molar-refractivity contribution is 6.33. The summed E-state index contributed by atoms with van der Waals surface area (Å²) in [4.78, 5) is 18.0. The molecule has 2 fully saturated rings. The van der Waals surface area contributed by atoms with E-state index in [1.807, 2.05) is 11.8 Å². The summed E-state index contributed by atoms with van der Waals surface area (Å²) in [6, 6.07) is 1.79. The van der Waals surface area contributed by atoms with E-state index < -0.39 is 0 Å². The molecule has 0 bridgehead atoms. The topological polar surface area (TPSA) is 67.4 Å². The average molecular weight is 470 g/mol. The van der Waals surface area contributed by atoms with Crippen LogP contribution in [-0.4, -0.2) is 63.4 Å². The Morgan fingerprint density at radius 2 is 1.88 bits per heavy atom. The van der Waals surface area contributed by atoms with Gasteiger partial charge in [-0.2, -0.15) is 5.10 Å². The van der Waals surface area contributed by atoms with E-state index in [2.05, 4.69) is 33.4 Å². The van der Waals surface area contributed by atoms with Crippen LogP contribution >= 0.6 is 11.6 Å². The molecule has 0 unspecified atom stereocenters. The summed E-state index contributed by atoms with van der Waals surface area (Å²) in [6.45, 7) is 6.69. The van der Waals surface area contributed by atoms with Crippen molar-refractivity contribution in [3.63, 3.8) is 0 Å². The maximum atomic E-state index is 13.5. The first-order valence-electron chi connectivity index (χ1n) is 12.0. The molecular formula is C25H32ClN5O2. The molecule has 0 atom stereocenters. The van der Waals surface area contributed by atoms with E-state index in [0.29, 0.717) is 33.3 Å². The first kappa shape index (κ1) is 22.4. The molecule has 7 nitrogen and oxygen atoms in total. The Kier molecular flexibility index (Phi) is 6.18. The van der Waals surface area contributed by atoms with Crippen molar-refractivity contribution in [3.05, 3.63) is 46.3 Å². The van der Waals surface area contributed by atoms with E-state index in [9.17, 15) is 4.79 Å². The number of aryl methyl sites for hydroxylation is 2. The van der Waals surface area contributed by atoms with Gasteiger partial charge in [0.25, 0.3) is 5.91 Å². The number of piperidine rings is 2. The average Bonchev–Trinajstić information content (AvgIpc) is 3.39. The minimum Gasteiger partial charge on any atom is -0.361 e. The van der Waals surface area contributed by atoms with E-state index in [-0.39, 0.29) is 5.91 Å². The Hall–Kier alpha value is -2.38. The van der Waals surface area contributed by atoms with Gasteiger partial charge in [0.05, 0.1) is 0 Å². The minimum atomic E-state index is -0.0629. The second kappa shape index (κ2) is 9.11. The van der Waals surface area contributed by atoms with Crippen molar-refractivity contribution in [3.8, 4) is 11.4 Å². The van der Waals surface area contributed by atoms with Crippen LogP contribution < -0.4 is 0 Å². The van der Waals surface area contributed by atoms with Crippen molar-refractivity contribution in [1.82, 2.24) is 24.7 Å². The molecule has 2 aromatic heterocycles. The second-order valence-electron chi connectivity index (χ2n) is 9.79. The van der Waals surface area contributed by atoms with Gasteiger partial charge in [0, 0.05) is 32.7 Å². The number of carbonyl (C=O) groups excluding carboxylic acids is 1. The fourth-order valence-electron chi connectivity index (χ4n) is 5.42. The van der Waals surface area contributed by atoms with E-state index in [1.165, 1.54) is 35.9 Å². The lowest BCUT2D eigenvalue weighted by Crippen LogP contribution is -2.48. The minimum absolute atomic E-state index is 0.0629. The van der Waals surface area contributed by atoms with E-state index >= 15 is 0 Å². The molecule has 1 aliphatic carbocycles. The monoisotopic (exact) mass is 469 g/mol. The van der Waals surface area contributed by atoms with Crippen molar-refractivity contribution in [1.29, 1.82) is 0 Å². The van der Waals surface area contributed by atoms with E-state index in [1.54, 1.807) is 13.1 Å². The van der Waals surface area contributed by atoms with Crippen LogP contribution in [0.1, 0.15) is 54.6 Å². The molecular weight excluding hydrogens is 438 g/mol. The maximum absolute atomic E-state index is 13.5. The summed E-state index contributed by atoms with van der Waals surface area (Å²) in [6.07, 6.45) is 13.8. The summed E-state index contributed by atoms with van der Waals surface area (Å²) >= 11 is 6.50. The summed E-state index contributed by atoms with van der Waals surface area (Å²) < 4.78 is 6.74. The zero-order valence-corrected chi connectivity index (χ0v) is 20.3. The summed E-state index contributed by atoms with van der Waals surface area (Å²) in [5, 5.41) is 8.84. The van der Waals surface area contributed by atoms with Gasteiger partial charge in [-0.25, -0.2) is 0 Å². The van der Waals surface area contributed by atoms with Crippen molar-refractivity contribution in [2.24, 2.45) is 12.5 Å². The largest absolute Gasteiger partial charge is 0.361 e. The van der Waals surface area contributed by atoms with Gasteiger partial charge < -0.3 is 9.42 Å². The van der Waals surface area contributed by atoms with Crippen LogP contribution in [0.5, 0.6) is 0 Å². The van der Waals surface area contributed by atoms with Crippen LogP contribution in [0.15, 0.2) is 34.4 Å². The van der Waals surface area contributed by atoms with Gasteiger partial charge in [0.2, 0.25) is 0 Å². The molecule has 0 N–H and O–H groups in total. The van der Waals surface area contributed by atoms with Crippen LogP contribution in [-0.2, 0) is 7.05 Å². The SMILES string of the molecule is Cc1cc(-c2nn(C)c(Cl)c2C(=O)N2CCC3(CCN(CC4=CCCC=C4)CC3)CC2)no1. The molecule has 2 aliphatic heterocycles. The van der Waals surface area contributed by atoms with Gasteiger partial charge >= 0.3 is 0 Å². The Balaban J connectivity index is 1.22. The zero-order valence-electron chi connectivity index (χ0n) is 19.5. The Morgan fingerprint density at radius 3 is 2.52 bits per heavy atom. The number of carbonyl (C=O) groups is 1. The lowest BCUT2D eigenvalue weighted by molar-refractivity contribution is 0.0323. The molecule has 176 valence electrons. The van der Waals surface area contributed by atoms with Gasteiger partial charge in [-0.05, 0) is 69.5 Å². The number of nitrogens with zero attached hydrogens (tertiary/aromatic N) is 5. The third kappa shape index (κ3) is 4.53. The van der Waals surface area contributed by atoms with Crippen molar-refractivity contribution < 1.29 is 9.32 Å². The van der Waals surface area contributed by atoms with Gasteiger partial charge in [0.1, 0.15) is 27.9 Å². The molecule has 8 heteroatoms. The Labute approximate surface area is 200 Å². The molecule has 1 amide bonds. The van der Waals surface area contributed by atoms with Crippen molar-refractivity contribution in [2.75, 3.05) is 32.7 Å². The molecule has 4 heterocycles. The van der Waals surface area contributed by atoms with Crippen molar-refractivity contribution in [2.45, 2.75) is 45.4 Å². The number of allylic oxidation sites excluding steroid dienone is 2. The second-order valence-corrected chi connectivity index (χ2v) is 10.1. The molecule has 3 aliphatic rings. The lowest BCUT2D eigenvalue weighted by Gasteiger charge is -2.47. The number of likely N-dealkylation sites (tertiary alicyclic amines) is 2. The molecule has 5 rings (SSSR count). The highest BCUT2D eigenvalue weighted by Crippen LogP contribution is 2.42. The number of hydrogen-bond donors (Lipinski definition) is 0. The van der Waals surface area contributed by atoms with E-state index in [0.717, 1.165) is 45.6 Å². The lowest BCUT2D eigenvalue weighted by atomic mass is 9.71. The first-order chi connectivity index (χ1) is 15.9. The maximum Gasteiger partial charge on any atom is 0.259 e. The van der Waals surface area contributed by atoms with Crippen LogP contribution in [0.3, 0.4) is 0 Å². The number of amides is 1. The fraction of sp³-hybridized carbons (Fsp3) is 0.560. The summed E-state index contributed by atoms with van der Waals surface area (Å²) in [5.41, 5.74) is 3.27. The number of aromatic nitrogens is 3. The molecule has 0 radical (unpaired) electrons. The van der Waals surface area contributed by atoms with Crippen molar-refractivity contribution >= 4 is 17.5 Å². The molecule has 33 heavy (non-hydrogen) atoms. The quantitative estimate of drug-likeness (QED) is 0.653. The summed E-state index contributed by atoms with van der Waals surface area (Å²) in [7, 11) is 1.74. The molecule has 0 aromatic carbocycles. The molecule has 0 saturated carbocycles. The van der Waals surface area contributed by atoms with Crippen LogP contribution in [0, 0.1) is 12.3 Å². The third-order valence-electron chi connectivity index (χ3n) is 7.57. The number of hydrogen-bond acceptors (Lipinski definition) is 5. The Bertz CT molecular complexity index is 1080. The van der Waals surface area contributed by atoms with Crippen LogP contribution in [0.4, 0.5) is 0 Å². The van der Waals surface area contributed by atoms with Gasteiger partial charge in [-0.3, -0.25) is 14.4 Å². The standard InChI is InChI=1S/C25H32ClN5O2/c1-18-16-20(28-33-18)22-21(23(26)29(2)27-22)24(32)31-14-10-25(11-15-31)8-12-30(13-9-25)17-19-6-4-3-5-7-19/h4,6-7,16H,3,5,8-15,17H2,1-2H3. The zero-order chi connectivity index (χ0) is 23.0. The third-order valence-corrected chi connectivity index (χ3v) is 8.00. The van der Waals surface area contributed by atoms with Crippen LogP contribution in [0.2, 0.25) is 5.15 Å². The molecule has 2 aromatic rings. The first-order valence-corrected chi connectivity index (χ1v) is 12.4. The van der Waals surface area contributed by atoms with Gasteiger partial charge in [-0.15, -0.1) is 0 Å². The smallest absolute Gasteiger partial charge is 0.259 e. The number of halogens is 1. The summed E-state index contributed by atoms with van der Waals surface area (Å²) in [5.74, 6) is 0.610. The van der Waals surface area contributed by atoms with E-state index in [4.69, 9.17) is 16.1 Å². The number of rotatable bonds is 4. The van der Waals surface area contributed by atoms with Gasteiger partial charge in [-0.1, -0.05) is 35.0 Å². The molecule has 1 spiro atoms. The highest BCUT2D eigenvalue weighted by atomic mass is 35.5. The predicted octanol–water partition coefficient (Wildman–Crippen LogP) is 4.63. The normalized spacial score (nSPS) is 20.9. The Morgan fingerprint density at radius 1 is 1.15 bits per heavy atom. The van der Waals surface area contributed by atoms with Crippen LogP contribution in [0.25, 0.3) is 11.4 Å². The highest BCUT2D eigenvalue weighted by Gasteiger charge is 2.39. The molecule has 2 saturated heterocycles. The predicted molar refractivity (Wildman–Crippen MR) is 128 cm³/mol. The van der Waals surface area contributed by atoms with Gasteiger partial charge in [0.15, 0.2) is 0 Å². The fourth-order valence-corrected chi connectivity index (χ4v) is 5.63.